The predicted molar refractivity (Wildman–Crippen MR) is 100 cm³/mol. The van der Waals surface area contributed by atoms with E-state index in [1.54, 1.807) is 0 Å². The molecule has 3 rings (SSSR count). The van der Waals surface area contributed by atoms with E-state index in [-0.39, 0.29) is 5.91 Å². The van der Waals surface area contributed by atoms with Crippen molar-refractivity contribution in [2.75, 3.05) is 44.7 Å². The number of amides is 1. The van der Waals surface area contributed by atoms with Crippen LogP contribution in [0.25, 0.3) is 0 Å². The van der Waals surface area contributed by atoms with Crippen LogP contribution in [0.1, 0.15) is 35.9 Å². The molecule has 1 aromatic carbocycles. The van der Waals surface area contributed by atoms with Crippen molar-refractivity contribution in [1.29, 1.82) is 0 Å². The Morgan fingerprint density at radius 3 is 2.42 bits per heavy atom. The van der Waals surface area contributed by atoms with Crippen LogP contribution in [0, 0.1) is 0 Å². The SMILES string of the molecule is CCc1nc(CN2CCN(C(=O)c3ccc(N(C)CC)cc3)CC2)no1. The molecule has 0 spiro atoms. The molecule has 26 heavy (non-hydrogen) atoms. The second kappa shape index (κ2) is 8.31. The van der Waals surface area contributed by atoms with E-state index in [4.69, 9.17) is 4.52 Å². The van der Waals surface area contributed by atoms with Crippen molar-refractivity contribution in [3.63, 3.8) is 0 Å². The summed E-state index contributed by atoms with van der Waals surface area (Å²) in [6, 6.07) is 7.85. The van der Waals surface area contributed by atoms with Gasteiger partial charge in [-0.15, -0.1) is 0 Å². The standard InChI is InChI=1S/C19H27N5O2/c1-4-18-20-17(21-26-18)14-23-10-12-24(13-11-23)19(25)15-6-8-16(9-7-15)22(3)5-2/h6-9H,4-5,10-14H2,1-3H3. The summed E-state index contributed by atoms with van der Waals surface area (Å²) in [6.45, 7) is 8.78. The number of nitrogens with zero attached hydrogens (tertiary/aromatic N) is 5. The molecule has 1 amide bonds. The molecule has 7 heteroatoms. The summed E-state index contributed by atoms with van der Waals surface area (Å²) in [5.74, 6) is 1.49. The maximum absolute atomic E-state index is 12.7. The molecule has 1 aromatic heterocycles. The summed E-state index contributed by atoms with van der Waals surface area (Å²) < 4.78 is 5.15. The van der Waals surface area contributed by atoms with Gasteiger partial charge in [-0.1, -0.05) is 12.1 Å². The molecule has 0 aliphatic carbocycles. The van der Waals surface area contributed by atoms with Gasteiger partial charge < -0.3 is 14.3 Å². The summed E-state index contributed by atoms with van der Waals surface area (Å²) in [4.78, 5) is 23.4. The Labute approximate surface area is 154 Å². The van der Waals surface area contributed by atoms with E-state index >= 15 is 0 Å². The van der Waals surface area contributed by atoms with Crippen LogP contribution in [0.3, 0.4) is 0 Å². The smallest absolute Gasteiger partial charge is 0.253 e. The first kappa shape index (κ1) is 18.4. The zero-order chi connectivity index (χ0) is 18.5. The van der Waals surface area contributed by atoms with Gasteiger partial charge in [-0.2, -0.15) is 4.98 Å². The third kappa shape index (κ3) is 4.22. The van der Waals surface area contributed by atoms with Crippen LogP contribution in [0.15, 0.2) is 28.8 Å². The average molecular weight is 357 g/mol. The highest BCUT2D eigenvalue weighted by molar-refractivity contribution is 5.94. The summed E-state index contributed by atoms with van der Waals surface area (Å²) in [6.07, 6.45) is 0.752. The van der Waals surface area contributed by atoms with Gasteiger partial charge in [-0.25, -0.2) is 0 Å². The normalized spacial score (nSPS) is 15.3. The lowest BCUT2D eigenvalue weighted by Crippen LogP contribution is -2.48. The fourth-order valence-corrected chi connectivity index (χ4v) is 3.03. The molecule has 1 fully saturated rings. The third-order valence-corrected chi connectivity index (χ3v) is 4.87. The molecule has 0 N–H and O–H groups in total. The van der Waals surface area contributed by atoms with Crippen LogP contribution in [-0.2, 0) is 13.0 Å². The first-order chi connectivity index (χ1) is 12.6. The highest BCUT2D eigenvalue weighted by Crippen LogP contribution is 2.16. The molecule has 0 unspecified atom stereocenters. The fraction of sp³-hybridized carbons (Fsp3) is 0.526. The van der Waals surface area contributed by atoms with Gasteiger partial charge in [0.05, 0.1) is 6.54 Å². The molecule has 1 aliphatic heterocycles. The Balaban J connectivity index is 1.53. The van der Waals surface area contributed by atoms with Crippen LogP contribution < -0.4 is 4.90 Å². The van der Waals surface area contributed by atoms with Crippen LogP contribution in [0.2, 0.25) is 0 Å². The molecule has 140 valence electrons. The number of hydrogen-bond acceptors (Lipinski definition) is 6. The van der Waals surface area contributed by atoms with Crippen molar-refractivity contribution < 1.29 is 9.32 Å². The molecule has 0 bridgehead atoms. The van der Waals surface area contributed by atoms with Crippen LogP contribution in [0.4, 0.5) is 5.69 Å². The quantitative estimate of drug-likeness (QED) is 0.788. The van der Waals surface area contributed by atoms with Gasteiger partial charge in [0.25, 0.3) is 5.91 Å². The second-order valence-electron chi connectivity index (χ2n) is 6.59. The first-order valence-corrected chi connectivity index (χ1v) is 9.25. The largest absolute Gasteiger partial charge is 0.375 e. The van der Waals surface area contributed by atoms with Crippen molar-refractivity contribution in [2.45, 2.75) is 26.8 Å². The van der Waals surface area contributed by atoms with Crippen molar-refractivity contribution in [2.24, 2.45) is 0 Å². The van der Waals surface area contributed by atoms with Crippen LogP contribution in [-0.4, -0.2) is 65.6 Å². The number of aromatic nitrogens is 2. The maximum atomic E-state index is 12.7. The average Bonchev–Trinajstić information content (AvgIpc) is 3.15. The Hall–Kier alpha value is -2.41. The van der Waals surface area contributed by atoms with E-state index in [1.165, 1.54) is 0 Å². The van der Waals surface area contributed by atoms with Gasteiger partial charge in [0.1, 0.15) is 0 Å². The third-order valence-electron chi connectivity index (χ3n) is 4.87. The number of hydrogen-bond donors (Lipinski definition) is 0. The second-order valence-corrected chi connectivity index (χ2v) is 6.59. The van der Waals surface area contributed by atoms with E-state index < -0.39 is 0 Å². The summed E-state index contributed by atoms with van der Waals surface area (Å²) in [5, 5.41) is 4.00. The Morgan fingerprint density at radius 1 is 1.15 bits per heavy atom. The van der Waals surface area contributed by atoms with Gasteiger partial charge in [0.15, 0.2) is 5.82 Å². The molecule has 7 nitrogen and oxygen atoms in total. The van der Waals surface area contributed by atoms with Crippen molar-refractivity contribution in [3.8, 4) is 0 Å². The van der Waals surface area contributed by atoms with Gasteiger partial charge >= 0.3 is 0 Å². The zero-order valence-corrected chi connectivity index (χ0v) is 15.8. The molecule has 1 saturated heterocycles. The Morgan fingerprint density at radius 2 is 1.85 bits per heavy atom. The van der Waals surface area contributed by atoms with E-state index in [0.717, 1.165) is 43.1 Å². The van der Waals surface area contributed by atoms with Gasteiger partial charge in [0.2, 0.25) is 5.89 Å². The van der Waals surface area contributed by atoms with Crippen molar-refractivity contribution in [1.82, 2.24) is 19.9 Å². The van der Waals surface area contributed by atoms with Gasteiger partial charge in [-0.05, 0) is 31.2 Å². The molecule has 0 radical (unpaired) electrons. The fourth-order valence-electron chi connectivity index (χ4n) is 3.03. The lowest BCUT2D eigenvalue weighted by atomic mass is 10.1. The highest BCUT2D eigenvalue weighted by Gasteiger charge is 2.23. The van der Waals surface area contributed by atoms with Gasteiger partial charge in [-0.3, -0.25) is 9.69 Å². The zero-order valence-electron chi connectivity index (χ0n) is 15.8. The van der Waals surface area contributed by atoms with Crippen molar-refractivity contribution >= 4 is 11.6 Å². The lowest BCUT2D eigenvalue weighted by Gasteiger charge is -2.34. The number of piperazine rings is 1. The number of carbonyl (C=O) groups excluding carboxylic acids is 1. The van der Waals surface area contributed by atoms with E-state index in [1.807, 2.05) is 43.1 Å². The predicted octanol–water partition coefficient (Wildman–Crippen LogP) is 2.05. The van der Waals surface area contributed by atoms with E-state index in [9.17, 15) is 4.79 Å². The van der Waals surface area contributed by atoms with Crippen molar-refractivity contribution in [3.05, 3.63) is 41.5 Å². The van der Waals surface area contributed by atoms with E-state index in [0.29, 0.717) is 25.5 Å². The van der Waals surface area contributed by atoms with Crippen LogP contribution >= 0.6 is 0 Å². The highest BCUT2D eigenvalue weighted by atomic mass is 16.5. The molecular formula is C19H27N5O2. The van der Waals surface area contributed by atoms with Crippen LogP contribution in [0.5, 0.6) is 0 Å². The number of rotatable bonds is 6. The lowest BCUT2D eigenvalue weighted by molar-refractivity contribution is 0.0624. The minimum Gasteiger partial charge on any atom is -0.375 e. The number of aryl methyl sites for hydroxylation is 1. The summed E-state index contributed by atoms with van der Waals surface area (Å²) >= 11 is 0. The Bertz CT molecular complexity index is 720. The molecule has 0 atom stereocenters. The summed E-state index contributed by atoms with van der Waals surface area (Å²) in [5.41, 5.74) is 1.87. The summed E-state index contributed by atoms with van der Waals surface area (Å²) in [7, 11) is 2.04. The molecule has 2 heterocycles. The molecule has 1 aliphatic rings. The van der Waals surface area contributed by atoms with E-state index in [2.05, 4.69) is 26.9 Å². The molecule has 2 aromatic rings. The maximum Gasteiger partial charge on any atom is 0.253 e. The monoisotopic (exact) mass is 357 g/mol. The first-order valence-electron chi connectivity index (χ1n) is 9.25. The topological polar surface area (TPSA) is 65.7 Å². The number of anilines is 1. The number of benzene rings is 1. The molecule has 0 saturated carbocycles. The minimum absolute atomic E-state index is 0.100. The van der Waals surface area contributed by atoms with Gasteiger partial charge in [0, 0.05) is 57.4 Å². The Kier molecular flexibility index (Phi) is 5.88. The number of carbonyl (C=O) groups is 1. The molecular weight excluding hydrogens is 330 g/mol. The minimum atomic E-state index is 0.100.